The number of nitrogens with zero attached hydrogens (tertiary/aromatic N) is 4. The topological polar surface area (TPSA) is 71.6 Å². The molecular formula is C22H29N5O2. The maximum Gasteiger partial charge on any atom is 0.276 e. The second-order valence-electron chi connectivity index (χ2n) is 7.98. The minimum absolute atomic E-state index is 0.0213. The Hall–Kier alpha value is -2.67. The van der Waals surface area contributed by atoms with Gasteiger partial charge in [-0.1, -0.05) is 19.3 Å². The lowest BCUT2D eigenvalue weighted by Gasteiger charge is -2.31. The van der Waals surface area contributed by atoms with Crippen LogP contribution in [0, 0.1) is 0 Å². The van der Waals surface area contributed by atoms with E-state index < -0.39 is 0 Å². The van der Waals surface area contributed by atoms with Crippen LogP contribution in [0.1, 0.15) is 38.5 Å². The largest absolute Gasteiger partial charge is 0.354 e. The minimum Gasteiger partial charge on any atom is -0.354 e. The molecule has 0 atom stereocenters. The van der Waals surface area contributed by atoms with Gasteiger partial charge < -0.3 is 14.6 Å². The van der Waals surface area contributed by atoms with Gasteiger partial charge in [-0.3, -0.25) is 14.2 Å². The summed E-state index contributed by atoms with van der Waals surface area (Å²) in [5, 5.41) is 2.96. The molecule has 3 heterocycles. The predicted molar refractivity (Wildman–Crippen MR) is 114 cm³/mol. The number of carbonyl (C=O) groups excluding carboxylic acids is 1. The number of aromatic nitrogens is 3. The maximum atomic E-state index is 12.8. The van der Waals surface area contributed by atoms with E-state index in [4.69, 9.17) is 0 Å². The Morgan fingerprint density at radius 1 is 1.21 bits per heavy atom. The molecular weight excluding hydrogens is 366 g/mol. The third kappa shape index (κ3) is 4.19. The van der Waals surface area contributed by atoms with Crippen molar-refractivity contribution in [3.05, 3.63) is 47.0 Å². The number of fused-ring (bicyclic) bond motifs is 3. The number of hydrogen-bond acceptors (Lipinski definition) is 4. The van der Waals surface area contributed by atoms with Crippen molar-refractivity contribution in [3.63, 3.8) is 0 Å². The van der Waals surface area contributed by atoms with E-state index >= 15 is 0 Å². The van der Waals surface area contributed by atoms with Gasteiger partial charge in [-0.15, -0.1) is 0 Å². The monoisotopic (exact) mass is 395 g/mol. The zero-order chi connectivity index (χ0) is 20.2. The van der Waals surface area contributed by atoms with E-state index in [1.165, 1.54) is 36.7 Å². The summed E-state index contributed by atoms with van der Waals surface area (Å²) in [6.07, 6.45) is 11.0. The molecule has 1 N–H and O–H groups in total. The van der Waals surface area contributed by atoms with Crippen LogP contribution in [0.2, 0.25) is 0 Å². The van der Waals surface area contributed by atoms with Crippen LogP contribution in [0.15, 0.2) is 41.5 Å². The van der Waals surface area contributed by atoms with Crippen molar-refractivity contribution >= 4 is 22.6 Å². The van der Waals surface area contributed by atoms with Gasteiger partial charge in [0.2, 0.25) is 5.91 Å². The lowest BCUT2D eigenvalue weighted by Crippen LogP contribution is -2.37. The van der Waals surface area contributed by atoms with Crippen molar-refractivity contribution in [1.82, 2.24) is 24.2 Å². The lowest BCUT2D eigenvalue weighted by atomic mass is 9.94. The van der Waals surface area contributed by atoms with Gasteiger partial charge in [0.15, 0.2) is 5.65 Å². The van der Waals surface area contributed by atoms with Crippen LogP contribution in [0.25, 0.3) is 16.7 Å². The molecule has 0 unspecified atom stereocenters. The summed E-state index contributed by atoms with van der Waals surface area (Å²) >= 11 is 0. The van der Waals surface area contributed by atoms with Crippen molar-refractivity contribution in [1.29, 1.82) is 0 Å². The highest BCUT2D eigenvalue weighted by atomic mass is 16.2. The Morgan fingerprint density at radius 3 is 2.83 bits per heavy atom. The zero-order valence-corrected chi connectivity index (χ0v) is 17.0. The summed E-state index contributed by atoms with van der Waals surface area (Å²) in [6, 6.07) is 8.02. The van der Waals surface area contributed by atoms with Gasteiger partial charge in [0.05, 0.1) is 5.52 Å². The average molecular weight is 396 g/mol. The summed E-state index contributed by atoms with van der Waals surface area (Å²) < 4.78 is 3.29. The second kappa shape index (κ2) is 8.78. The van der Waals surface area contributed by atoms with Crippen molar-refractivity contribution in [3.8, 4) is 0 Å². The SMILES string of the molecule is CN(CCCNC(=O)Cn1c(=O)c2cccn2c2cccnc21)C1CCCCC1. The standard InChI is InChI=1S/C22H29N5O2/c1-25(17-8-3-2-4-9-17)14-7-13-23-20(28)16-27-21-18(10-5-12-24-21)26-15-6-11-19(26)22(27)29/h5-6,10-12,15,17H,2-4,7-9,13-14,16H2,1H3,(H,23,28). The zero-order valence-electron chi connectivity index (χ0n) is 17.0. The first-order chi connectivity index (χ1) is 14.1. The van der Waals surface area contributed by atoms with Crippen molar-refractivity contribution in [2.24, 2.45) is 0 Å². The molecule has 0 saturated heterocycles. The minimum atomic E-state index is -0.201. The van der Waals surface area contributed by atoms with Crippen LogP contribution in [0.3, 0.4) is 0 Å². The molecule has 7 heteroatoms. The van der Waals surface area contributed by atoms with E-state index in [-0.39, 0.29) is 18.0 Å². The highest BCUT2D eigenvalue weighted by Gasteiger charge is 2.17. The molecule has 0 spiro atoms. The van der Waals surface area contributed by atoms with Crippen LogP contribution >= 0.6 is 0 Å². The van der Waals surface area contributed by atoms with E-state index in [1.807, 2.05) is 28.8 Å². The van der Waals surface area contributed by atoms with Crippen LogP contribution in [0.5, 0.6) is 0 Å². The third-order valence-corrected chi connectivity index (χ3v) is 6.00. The average Bonchev–Trinajstić information content (AvgIpc) is 3.25. The summed E-state index contributed by atoms with van der Waals surface area (Å²) in [5.41, 5.74) is 1.68. The van der Waals surface area contributed by atoms with E-state index in [9.17, 15) is 9.59 Å². The van der Waals surface area contributed by atoms with Gasteiger partial charge in [0.25, 0.3) is 5.56 Å². The molecule has 1 amide bonds. The molecule has 0 bridgehead atoms. The van der Waals surface area contributed by atoms with Crippen LogP contribution in [-0.4, -0.2) is 50.9 Å². The van der Waals surface area contributed by atoms with Crippen molar-refractivity contribution < 1.29 is 4.79 Å². The molecule has 1 fully saturated rings. The first-order valence-electron chi connectivity index (χ1n) is 10.6. The van der Waals surface area contributed by atoms with Crippen LogP contribution < -0.4 is 10.9 Å². The first-order valence-corrected chi connectivity index (χ1v) is 10.6. The summed E-state index contributed by atoms with van der Waals surface area (Å²) in [7, 11) is 2.18. The molecule has 1 aliphatic carbocycles. The number of amides is 1. The Bertz CT molecular complexity index is 1050. The van der Waals surface area contributed by atoms with Crippen LogP contribution in [0.4, 0.5) is 0 Å². The summed E-state index contributed by atoms with van der Waals surface area (Å²) in [4.78, 5) is 32.1. The Labute approximate surface area is 170 Å². The fraction of sp³-hybridized carbons (Fsp3) is 0.500. The maximum absolute atomic E-state index is 12.8. The number of rotatable bonds is 7. The van der Waals surface area contributed by atoms with E-state index in [2.05, 4.69) is 22.2 Å². The van der Waals surface area contributed by atoms with Gasteiger partial charge >= 0.3 is 0 Å². The van der Waals surface area contributed by atoms with E-state index in [1.54, 1.807) is 12.3 Å². The highest BCUT2D eigenvalue weighted by Crippen LogP contribution is 2.21. The van der Waals surface area contributed by atoms with Crippen LogP contribution in [-0.2, 0) is 11.3 Å². The number of carbonyl (C=O) groups is 1. The van der Waals surface area contributed by atoms with Gasteiger partial charge in [0.1, 0.15) is 12.1 Å². The van der Waals surface area contributed by atoms with E-state index in [0.717, 1.165) is 18.5 Å². The molecule has 154 valence electrons. The van der Waals surface area contributed by atoms with Gasteiger partial charge in [-0.25, -0.2) is 4.98 Å². The Balaban J connectivity index is 1.37. The fourth-order valence-corrected chi connectivity index (χ4v) is 4.39. The molecule has 4 rings (SSSR count). The molecule has 0 radical (unpaired) electrons. The first kappa shape index (κ1) is 19.6. The Kier molecular flexibility index (Phi) is 5.94. The number of nitrogens with one attached hydrogen (secondary N) is 1. The fourth-order valence-electron chi connectivity index (χ4n) is 4.39. The summed E-state index contributed by atoms with van der Waals surface area (Å²) in [5.74, 6) is -0.157. The highest BCUT2D eigenvalue weighted by molar-refractivity contribution is 5.80. The Morgan fingerprint density at radius 2 is 2.00 bits per heavy atom. The van der Waals surface area contributed by atoms with Gasteiger partial charge in [0, 0.05) is 25.0 Å². The van der Waals surface area contributed by atoms with E-state index in [0.29, 0.717) is 23.8 Å². The quantitative estimate of drug-likeness (QED) is 0.624. The molecule has 0 aliphatic heterocycles. The van der Waals surface area contributed by atoms with Gasteiger partial charge in [-0.2, -0.15) is 0 Å². The van der Waals surface area contributed by atoms with Crippen molar-refractivity contribution in [2.75, 3.05) is 20.1 Å². The second-order valence-corrected chi connectivity index (χ2v) is 7.98. The lowest BCUT2D eigenvalue weighted by molar-refractivity contribution is -0.121. The molecule has 0 aromatic carbocycles. The molecule has 29 heavy (non-hydrogen) atoms. The summed E-state index contributed by atoms with van der Waals surface area (Å²) in [6.45, 7) is 1.57. The molecule has 3 aromatic heterocycles. The van der Waals surface area contributed by atoms with Crippen molar-refractivity contribution in [2.45, 2.75) is 51.1 Å². The van der Waals surface area contributed by atoms with Gasteiger partial charge in [-0.05, 0) is 57.1 Å². The molecule has 7 nitrogen and oxygen atoms in total. The normalized spacial score (nSPS) is 15.4. The molecule has 1 aliphatic rings. The smallest absolute Gasteiger partial charge is 0.276 e. The third-order valence-electron chi connectivity index (χ3n) is 6.00. The molecule has 3 aromatic rings. The number of hydrogen-bond donors (Lipinski definition) is 1. The number of pyridine rings is 1. The predicted octanol–water partition coefficient (Wildman–Crippen LogP) is 2.42. The molecule has 1 saturated carbocycles.